The fourth-order valence-corrected chi connectivity index (χ4v) is 5.80. The number of carboxylic acids is 1. The molecule has 0 aromatic carbocycles. The summed E-state index contributed by atoms with van der Waals surface area (Å²) in [5.41, 5.74) is 0.325. The second kappa shape index (κ2) is 6.13. The van der Waals surface area contributed by atoms with Crippen molar-refractivity contribution in [2.24, 2.45) is 11.8 Å². The Bertz CT molecular complexity index is 803. The zero-order valence-corrected chi connectivity index (χ0v) is 15.0. The molecule has 0 spiro atoms. The van der Waals surface area contributed by atoms with Crippen LogP contribution in [0.2, 0.25) is 4.34 Å². The molecule has 3 unspecified atom stereocenters. The Morgan fingerprint density at radius 2 is 2.17 bits per heavy atom. The summed E-state index contributed by atoms with van der Waals surface area (Å²) in [5, 5.41) is 12.0. The van der Waals surface area contributed by atoms with Gasteiger partial charge in [-0.15, -0.1) is 22.7 Å². The first-order valence-corrected chi connectivity index (χ1v) is 9.87. The van der Waals surface area contributed by atoms with Crippen molar-refractivity contribution in [3.05, 3.63) is 27.5 Å². The Hall–Kier alpha value is -1.44. The fraction of sp³-hybridized carbons (Fsp3) is 0.438. The molecular formula is C16H15ClN2O3S2. The number of carbonyl (C=O) groups excluding carboxylic acids is 1. The van der Waals surface area contributed by atoms with Crippen molar-refractivity contribution < 1.29 is 14.7 Å². The van der Waals surface area contributed by atoms with Crippen molar-refractivity contribution in [1.29, 1.82) is 0 Å². The Balaban J connectivity index is 1.59. The molecule has 0 bridgehead atoms. The second-order valence-electron chi connectivity index (χ2n) is 6.24. The topological polar surface area (TPSA) is 70.5 Å². The molecule has 3 heterocycles. The molecule has 3 atom stereocenters. The van der Waals surface area contributed by atoms with Crippen LogP contribution >= 0.6 is 34.3 Å². The molecule has 1 aliphatic carbocycles. The summed E-state index contributed by atoms with van der Waals surface area (Å²) in [6.07, 6.45) is 2.96. The number of thiazole rings is 1. The summed E-state index contributed by atoms with van der Waals surface area (Å²) >= 11 is 8.74. The van der Waals surface area contributed by atoms with Gasteiger partial charge in [0.15, 0.2) is 0 Å². The van der Waals surface area contributed by atoms with E-state index in [2.05, 4.69) is 4.98 Å². The Morgan fingerprint density at radius 1 is 1.33 bits per heavy atom. The lowest BCUT2D eigenvalue weighted by Crippen LogP contribution is -2.43. The molecule has 8 heteroatoms. The maximum Gasteiger partial charge on any atom is 0.326 e. The predicted octanol–water partition coefficient (Wildman–Crippen LogP) is 3.85. The molecule has 0 radical (unpaired) electrons. The maximum absolute atomic E-state index is 12.8. The molecular weight excluding hydrogens is 368 g/mol. The van der Waals surface area contributed by atoms with Crippen LogP contribution in [0.15, 0.2) is 17.5 Å². The number of carboxylic acid groups (broad SMARTS) is 1. The zero-order chi connectivity index (χ0) is 16.8. The van der Waals surface area contributed by atoms with Gasteiger partial charge in [0.2, 0.25) is 0 Å². The highest BCUT2D eigenvalue weighted by Crippen LogP contribution is 2.43. The summed E-state index contributed by atoms with van der Waals surface area (Å²) in [5.74, 6) is -0.787. The van der Waals surface area contributed by atoms with Crippen LogP contribution in [0.4, 0.5) is 0 Å². The lowest BCUT2D eigenvalue weighted by molar-refractivity contribution is -0.142. The van der Waals surface area contributed by atoms with Crippen molar-refractivity contribution >= 4 is 46.2 Å². The van der Waals surface area contributed by atoms with E-state index in [4.69, 9.17) is 11.6 Å². The quantitative estimate of drug-likeness (QED) is 0.875. The molecule has 2 aliphatic rings. The van der Waals surface area contributed by atoms with Gasteiger partial charge in [-0.2, -0.15) is 0 Å². The van der Waals surface area contributed by atoms with Crippen LogP contribution in [-0.4, -0.2) is 39.5 Å². The van der Waals surface area contributed by atoms with Crippen LogP contribution in [-0.2, 0) is 4.79 Å². The van der Waals surface area contributed by atoms with Gasteiger partial charge in [-0.05, 0) is 36.8 Å². The molecule has 1 saturated carbocycles. The molecule has 2 fully saturated rings. The number of likely N-dealkylation sites (tertiary alicyclic amines) is 1. The third-order valence-electron chi connectivity index (χ3n) is 4.91. The van der Waals surface area contributed by atoms with E-state index in [9.17, 15) is 14.7 Å². The van der Waals surface area contributed by atoms with Gasteiger partial charge in [0.05, 0.1) is 9.21 Å². The van der Waals surface area contributed by atoms with E-state index in [1.165, 1.54) is 27.6 Å². The van der Waals surface area contributed by atoms with E-state index in [1.807, 2.05) is 6.07 Å². The van der Waals surface area contributed by atoms with Crippen molar-refractivity contribution in [3.63, 3.8) is 0 Å². The first kappa shape index (κ1) is 16.1. The zero-order valence-electron chi connectivity index (χ0n) is 12.6. The second-order valence-corrected chi connectivity index (χ2v) is 8.81. The number of nitrogens with zero attached hydrogens (tertiary/aromatic N) is 2. The van der Waals surface area contributed by atoms with Gasteiger partial charge in [-0.3, -0.25) is 4.79 Å². The minimum absolute atomic E-state index is 0.0839. The highest BCUT2D eigenvalue weighted by Gasteiger charge is 2.49. The largest absolute Gasteiger partial charge is 0.480 e. The number of aromatic nitrogens is 1. The first-order chi connectivity index (χ1) is 11.5. The van der Waals surface area contributed by atoms with Crippen molar-refractivity contribution in [3.8, 4) is 9.88 Å². The van der Waals surface area contributed by atoms with Gasteiger partial charge in [0.25, 0.3) is 5.91 Å². The fourth-order valence-electron chi connectivity index (χ4n) is 3.89. The number of aliphatic carboxylic acids is 1. The van der Waals surface area contributed by atoms with E-state index >= 15 is 0 Å². The number of halogens is 1. The molecule has 2 aromatic heterocycles. The van der Waals surface area contributed by atoms with Crippen LogP contribution in [0, 0.1) is 11.8 Å². The molecule has 1 amide bonds. The summed E-state index contributed by atoms with van der Waals surface area (Å²) in [6.45, 7) is 0.526. The number of hydrogen-bond acceptors (Lipinski definition) is 5. The lowest BCUT2D eigenvalue weighted by Gasteiger charge is -2.23. The van der Waals surface area contributed by atoms with Crippen LogP contribution in [0.3, 0.4) is 0 Å². The number of carbonyl (C=O) groups is 2. The van der Waals surface area contributed by atoms with Gasteiger partial charge in [0.1, 0.15) is 16.7 Å². The minimum atomic E-state index is -0.904. The van der Waals surface area contributed by atoms with E-state index in [0.29, 0.717) is 22.5 Å². The van der Waals surface area contributed by atoms with E-state index < -0.39 is 12.0 Å². The molecule has 1 N–H and O–H groups in total. The van der Waals surface area contributed by atoms with Crippen LogP contribution in [0.5, 0.6) is 0 Å². The third kappa shape index (κ3) is 2.64. The SMILES string of the molecule is O=C(O)C1C2CCCC2CN1C(=O)c1csc(-c2ccc(Cl)s2)n1. The monoisotopic (exact) mass is 382 g/mol. The van der Waals surface area contributed by atoms with Crippen molar-refractivity contribution in [2.75, 3.05) is 6.54 Å². The Morgan fingerprint density at radius 3 is 2.88 bits per heavy atom. The minimum Gasteiger partial charge on any atom is -0.480 e. The molecule has 126 valence electrons. The summed E-state index contributed by atoms with van der Waals surface area (Å²) in [7, 11) is 0. The average Bonchev–Trinajstić information content (AvgIpc) is 3.28. The van der Waals surface area contributed by atoms with Gasteiger partial charge in [-0.25, -0.2) is 9.78 Å². The van der Waals surface area contributed by atoms with Crippen LogP contribution < -0.4 is 0 Å². The highest BCUT2D eigenvalue weighted by atomic mass is 35.5. The molecule has 1 saturated heterocycles. The van der Waals surface area contributed by atoms with Gasteiger partial charge in [-0.1, -0.05) is 18.0 Å². The van der Waals surface area contributed by atoms with Crippen molar-refractivity contribution in [2.45, 2.75) is 25.3 Å². The first-order valence-electron chi connectivity index (χ1n) is 7.79. The van der Waals surface area contributed by atoms with E-state index in [1.54, 1.807) is 11.4 Å². The van der Waals surface area contributed by atoms with E-state index in [-0.39, 0.29) is 11.8 Å². The molecule has 1 aliphatic heterocycles. The standard InChI is InChI=1S/C16H15ClN2O3S2/c17-12-5-4-11(24-12)14-18-10(7-23-14)15(20)19-6-8-2-1-3-9(8)13(19)16(21)22/h4-5,7-9,13H,1-3,6H2,(H,21,22). The van der Waals surface area contributed by atoms with Crippen LogP contribution in [0.1, 0.15) is 29.8 Å². The lowest BCUT2D eigenvalue weighted by atomic mass is 9.94. The van der Waals surface area contributed by atoms with Crippen molar-refractivity contribution in [1.82, 2.24) is 9.88 Å². The van der Waals surface area contributed by atoms with Crippen LogP contribution in [0.25, 0.3) is 9.88 Å². The molecule has 4 rings (SSSR count). The molecule has 24 heavy (non-hydrogen) atoms. The number of rotatable bonds is 3. The average molecular weight is 383 g/mol. The summed E-state index contributed by atoms with van der Waals surface area (Å²) in [4.78, 5) is 31.4. The number of amides is 1. The summed E-state index contributed by atoms with van der Waals surface area (Å²) < 4.78 is 0.673. The summed E-state index contributed by atoms with van der Waals surface area (Å²) in [6, 6.07) is 2.96. The highest BCUT2D eigenvalue weighted by molar-refractivity contribution is 7.23. The Kier molecular flexibility index (Phi) is 4.10. The Labute approximate surface area is 151 Å². The smallest absolute Gasteiger partial charge is 0.326 e. The number of fused-ring (bicyclic) bond motifs is 1. The molecule has 2 aromatic rings. The molecule has 5 nitrogen and oxygen atoms in total. The normalized spacial score (nSPS) is 25.9. The van der Waals surface area contributed by atoms with Gasteiger partial charge < -0.3 is 10.0 Å². The maximum atomic E-state index is 12.8. The number of thiophene rings is 1. The van der Waals surface area contributed by atoms with Gasteiger partial charge >= 0.3 is 5.97 Å². The van der Waals surface area contributed by atoms with Gasteiger partial charge in [0, 0.05) is 11.9 Å². The number of hydrogen-bond donors (Lipinski definition) is 1. The third-order valence-corrected chi connectivity index (χ3v) is 7.15. The van der Waals surface area contributed by atoms with E-state index in [0.717, 1.165) is 29.1 Å². The predicted molar refractivity (Wildman–Crippen MR) is 93.7 cm³/mol.